The fourth-order valence-corrected chi connectivity index (χ4v) is 2.62. The number of nitrogens with one attached hydrogen (secondary N) is 1. The predicted molar refractivity (Wildman–Crippen MR) is 64.0 cm³/mol. The van der Waals surface area contributed by atoms with Crippen LogP contribution >= 0.6 is 0 Å². The first-order valence-corrected chi connectivity index (χ1v) is 6.33. The fourth-order valence-electron chi connectivity index (χ4n) is 2.62. The molecule has 92 valence electrons. The first-order valence-electron chi connectivity index (χ1n) is 6.33. The minimum atomic E-state index is 0.233. The monoisotopic (exact) mass is 234 g/mol. The molecule has 1 aromatic rings. The average Bonchev–Trinajstić information content (AvgIpc) is 2.85. The molecule has 2 aliphatic rings. The maximum Gasteiger partial charge on any atom is 0.137 e. The summed E-state index contributed by atoms with van der Waals surface area (Å²) in [5, 5.41) is 3.48. The molecule has 2 saturated heterocycles. The van der Waals surface area contributed by atoms with Gasteiger partial charge in [-0.25, -0.2) is 0 Å². The van der Waals surface area contributed by atoms with Crippen molar-refractivity contribution in [2.45, 2.75) is 37.5 Å². The first-order chi connectivity index (χ1) is 8.42. The van der Waals surface area contributed by atoms with Gasteiger partial charge in [0, 0.05) is 12.2 Å². The molecule has 4 heteroatoms. The van der Waals surface area contributed by atoms with E-state index in [9.17, 15) is 0 Å². The predicted octanol–water partition coefficient (Wildman–Crippen LogP) is 1.37. The fraction of sp³-hybridized carbons (Fsp3) is 0.615. The number of hydrogen-bond acceptors (Lipinski definition) is 4. The highest BCUT2D eigenvalue weighted by atomic mass is 16.5. The van der Waals surface area contributed by atoms with Gasteiger partial charge in [-0.2, -0.15) is 0 Å². The van der Waals surface area contributed by atoms with Crippen LogP contribution in [-0.2, 0) is 4.74 Å². The van der Waals surface area contributed by atoms with Crippen LogP contribution in [0.4, 0.5) is 0 Å². The molecule has 17 heavy (non-hydrogen) atoms. The zero-order valence-electron chi connectivity index (χ0n) is 9.84. The zero-order valence-corrected chi connectivity index (χ0v) is 9.84. The maximum absolute atomic E-state index is 6.02. The Morgan fingerprint density at radius 2 is 2.41 bits per heavy atom. The molecule has 0 unspecified atom stereocenters. The average molecular weight is 234 g/mol. The summed E-state index contributed by atoms with van der Waals surface area (Å²) in [5.74, 6) is 0.822. The lowest BCUT2D eigenvalue weighted by Crippen LogP contribution is -2.42. The van der Waals surface area contributed by atoms with Crippen LogP contribution in [0, 0.1) is 0 Å². The number of ether oxygens (including phenoxy) is 2. The van der Waals surface area contributed by atoms with Gasteiger partial charge < -0.3 is 14.8 Å². The van der Waals surface area contributed by atoms with Crippen molar-refractivity contribution < 1.29 is 9.47 Å². The highest BCUT2D eigenvalue weighted by molar-refractivity contribution is 5.15. The molecule has 0 bridgehead atoms. The van der Waals surface area contributed by atoms with Crippen LogP contribution in [0.2, 0.25) is 0 Å². The molecule has 0 amide bonds. The molecule has 0 radical (unpaired) electrons. The zero-order chi connectivity index (χ0) is 11.5. The van der Waals surface area contributed by atoms with Gasteiger partial charge in [0.25, 0.3) is 0 Å². The van der Waals surface area contributed by atoms with Crippen molar-refractivity contribution in [2.24, 2.45) is 0 Å². The van der Waals surface area contributed by atoms with E-state index >= 15 is 0 Å². The summed E-state index contributed by atoms with van der Waals surface area (Å²) in [5.41, 5.74) is 0. The number of nitrogens with zero attached hydrogens (tertiary/aromatic N) is 1. The second-order valence-corrected chi connectivity index (χ2v) is 4.72. The SMILES string of the molecule is c1cncc(OC[C@@H]2CC[C@H]3NCC[C@H]3O2)c1. The third-order valence-corrected chi connectivity index (χ3v) is 3.52. The molecule has 2 aliphatic heterocycles. The van der Waals surface area contributed by atoms with Crippen molar-refractivity contribution in [3.8, 4) is 5.75 Å². The Morgan fingerprint density at radius 3 is 3.29 bits per heavy atom. The summed E-state index contributed by atoms with van der Waals surface area (Å²) in [6, 6.07) is 4.38. The number of fused-ring (bicyclic) bond motifs is 1. The van der Waals surface area contributed by atoms with Gasteiger partial charge in [0.15, 0.2) is 0 Å². The van der Waals surface area contributed by atoms with Crippen molar-refractivity contribution >= 4 is 0 Å². The summed E-state index contributed by atoms with van der Waals surface area (Å²) in [6.45, 7) is 1.72. The number of rotatable bonds is 3. The van der Waals surface area contributed by atoms with E-state index in [4.69, 9.17) is 9.47 Å². The van der Waals surface area contributed by atoms with Gasteiger partial charge >= 0.3 is 0 Å². The number of aromatic nitrogens is 1. The molecule has 3 rings (SSSR count). The van der Waals surface area contributed by atoms with E-state index in [1.807, 2.05) is 12.1 Å². The van der Waals surface area contributed by atoms with Gasteiger partial charge in [0.2, 0.25) is 0 Å². The van der Waals surface area contributed by atoms with Gasteiger partial charge in [-0.15, -0.1) is 0 Å². The third-order valence-electron chi connectivity index (χ3n) is 3.52. The van der Waals surface area contributed by atoms with Crippen molar-refractivity contribution in [1.82, 2.24) is 10.3 Å². The molecule has 2 fully saturated rings. The lowest BCUT2D eigenvalue weighted by atomic mass is 10.0. The molecule has 4 nitrogen and oxygen atoms in total. The molecule has 1 aromatic heterocycles. The van der Waals surface area contributed by atoms with Crippen molar-refractivity contribution in [3.63, 3.8) is 0 Å². The van der Waals surface area contributed by atoms with Crippen LogP contribution < -0.4 is 10.1 Å². The van der Waals surface area contributed by atoms with Crippen LogP contribution in [0.15, 0.2) is 24.5 Å². The number of pyridine rings is 1. The molecule has 0 aromatic carbocycles. The van der Waals surface area contributed by atoms with Crippen molar-refractivity contribution in [3.05, 3.63) is 24.5 Å². The van der Waals surface area contributed by atoms with Crippen LogP contribution in [0.1, 0.15) is 19.3 Å². The Morgan fingerprint density at radius 1 is 1.41 bits per heavy atom. The Kier molecular flexibility index (Phi) is 3.25. The molecule has 1 N–H and O–H groups in total. The van der Waals surface area contributed by atoms with E-state index in [-0.39, 0.29) is 6.10 Å². The summed E-state index contributed by atoms with van der Waals surface area (Å²) in [7, 11) is 0. The lowest BCUT2D eigenvalue weighted by molar-refractivity contribution is -0.0701. The molecule has 0 aliphatic carbocycles. The molecular weight excluding hydrogens is 216 g/mol. The first kappa shape index (κ1) is 11.0. The van der Waals surface area contributed by atoms with E-state index in [1.165, 1.54) is 6.42 Å². The van der Waals surface area contributed by atoms with Gasteiger partial charge in [-0.05, 0) is 37.9 Å². The molecular formula is C13H18N2O2. The number of hydrogen-bond donors (Lipinski definition) is 1. The quantitative estimate of drug-likeness (QED) is 0.858. The third kappa shape index (κ3) is 2.58. The van der Waals surface area contributed by atoms with Crippen LogP contribution in [0.3, 0.4) is 0 Å². The minimum absolute atomic E-state index is 0.233. The maximum atomic E-state index is 6.02. The van der Waals surface area contributed by atoms with E-state index in [0.717, 1.165) is 25.1 Å². The summed E-state index contributed by atoms with van der Waals surface area (Å²) in [4.78, 5) is 4.03. The summed E-state index contributed by atoms with van der Waals surface area (Å²) in [6.07, 6.45) is 7.53. The van der Waals surface area contributed by atoms with Crippen LogP contribution in [0.25, 0.3) is 0 Å². The second-order valence-electron chi connectivity index (χ2n) is 4.72. The van der Waals surface area contributed by atoms with E-state index in [1.54, 1.807) is 12.4 Å². The standard InChI is InChI=1S/C13H18N2O2/c1-2-10(8-14-6-1)16-9-11-3-4-12-13(17-11)5-7-15-12/h1-2,6,8,11-13,15H,3-5,7,9H2/t11-,12+,13+/m0/s1. The summed E-state index contributed by atoms with van der Waals surface area (Å²) < 4.78 is 11.7. The Balaban J connectivity index is 1.50. The van der Waals surface area contributed by atoms with Gasteiger partial charge in [-0.1, -0.05) is 0 Å². The highest BCUT2D eigenvalue weighted by Gasteiger charge is 2.34. The van der Waals surface area contributed by atoms with E-state index in [0.29, 0.717) is 18.8 Å². The summed E-state index contributed by atoms with van der Waals surface area (Å²) >= 11 is 0. The molecule has 0 spiro atoms. The van der Waals surface area contributed by atoms with E-state index in [2.05, 4.69) is 10.3 Å². The van der Waals surface area contributed by atoms with Crippen molar-refractivity contribution in [2.75, 3.05) is 13.2 Å². The lowest BCUT2D eigenvalue weighted by Gasteiger charge is -2.32. The van der Waals surface area contributed by atoms with Crippen LogP contribution in [-0.4, -0.2) is 36.4 Å². The van der Waals surface area contributed by atoms with Crippen molar-refractivity contribution in [1.29, 1.82) is 0 Å². The molecule has 3 heterocycles. The Labute approximate surface area is 101 Å². The largest absolute Gasteiger partial charge is 0.489 e. The van der Waals surface area contributed by atoms with Crippen LogP contribution in [0.5, 0.6) is 5.75 Å². The van der Waals surface area contributed by atoms with Gasteiger partial charge in [-0.3, -0.25) is 4.98 Å². The van der Waals surface area contributed by atoms with E-state index < -0.39 is 0 Å². The topological polar surface area (TPSA) is 43.4 Å². The highest BCUT2D eigenvalue weighted by Crippen LogP contribution is 2.25. The minimum Gasteiger partial charge on any atom is -0.489 e. The van der Waals surface area contributed by atoms with Gasteiger partial charge in [0.1, 0.15) is 12.4 Å². The Hall–Kier alpha value is -1.13. The van der Waals surface area contributed by atoms with Gasteiger partial charge in [0.05, 0.1) is 18.4 Å². The normalized spacial score (nSPS) is 32.1. The molecule has 3 atom stereocenters. The second kappa shape index (κ2) is 5.02. The smallest absolute Gasteiger partial charge is 0.137 e. The Bertz CT molecular complexity index is 358. The molecule has 0 saturated carbocycles.